The van der Waals surface area contributed by atoms with Gasteiger partial charge in [-0.1, -0.05) is 12.1 Å². The Kier molecular flexibility index (Phi) is 5.11. The molecule has 0 fully saturated rings. The summed E-state index contributed by atoms with van der Waals surface area (Å²) in [5.41, 5.74) is 1.98. The molecule has 1 N–H and O–H groups in total. The number of nitrogens with zero attached hydrogens (tertiary/aromatic N) is 1. The molecule has 0 atom stereocenters. The number of esters is 1. The minimum Gasteiger partial charge on any atom is -0.464 e. The first-order valence-corrected chi connectivity index (χ1v) is 5.79. The van der Waals surface area contributed by atoms with Crippen molar-refractivity contribution in [3.63, 3.8) is 0 Å². The highest BCUT2D eigenvalue weighted by Gasteiger charge is 2.10. The second-order valence-corrected chi connectivity index (χ2v) is 4.22. The standard InChI is InChI=1S/C14H18N2O3/c1-10(17)15-13(14(18)19-4)9-11-5-7-12(8-6-11)16(2)3/h5-9H,1-4H3,(H,15,17). The van der Waals surface area contributed by atoms with Crippen molar-refractivity contribution in [2.75, 3.05) is 26.1 Å². The lowest BCUT2D eigenvalue weighted by atomic mass is 10.1. The van der Waals surface area contributed by atoms with Crippen LogP contribution in [0.1, 0.15) is 12.5 Å². The Morgan fingerprint density at radius 3 is 2.21 bits per heavy atom. The van der Waals surface area contributed by atoms with E-state index in [9.17, 15) is 9.59 Å². The number of hydrogen-bond donors (Lipinski definition) is 1. The highest BCUT2D eigenvalue weighted by Crippen LogP contribution is 2.14. The van der Waals surface area contributed by atoms with Crippen molar-refractivity contribution in [1.29, 1.82) is 0 Å². The van der Waals surface area contributed by atoms with Gasteiger partial charge in [0.2, 0.25) is 5.91 Å². The Morgan fingerprint density at radius 2 is 1.79 bits per heavy atom. The summed E-state index contributed by atoms with van der Waals surface area (Å²) in [7, 11) is 5.16. The van der Waals surface area contributed by atoms with Crippen molar-refractivity contribution in [1.82, 2.24) is 5.32 Å². The predicted molar refractivity (Wildman–Crippen MR) is 74.6 cm³/mol. The van der Waals surface area contributed by atoms with Gasteiger partial charge in [0.15, 0.2) is 0 Å². The molecule has 0 saturated heterocycles. The van der Waals surface area contributed by atoms with Gasteiger partial charge in [0.25, 0.3) is 0 Å². The molecule has 0 heterocycles. The zero-order valence-corrected chi connectivity index (χ0v) is 11.6. The molecule has 0 aliphatic heterocycles. The lowest BCUT2D eigenvalue weighted by Crippen LogP contribution is -2.25. The monoisotopic (exact) mass is 262 g/mol. The van der Waals surface area contributed by atoms with E-state index in [4.69, 9.17) is 0 Å². The number of carbonyl (C=O) groups is 2. The Hall–Kier alpha value is -2.30. The van der Waals surface area contributed by atoms with Crippen LogP contribution in [0.15, 0.2) is 30.0 Å². The molecule has 0 saturated carbocycles. The van der Waals surface area contributed by atoms with Gasteiger partial charge in [0.1, 0.15) is 5.70 Å². The molecule has 0 unspecified atom stereocenters. The number of rotatable bonds is 4. The summed E-state index contributed by atoms with van der Waals surface area (Å²) in [6, 6.07) is 7.57. The number of nitrogens with one attached hydrogen (secondary N) is 1. The Morgan fingerprint density at radius 1 is 1.21 bits per heavy atom. The maximum atomic E-state index is 11.5. The highest BCUT2D eigenvalue weighted by molar-refractivity contribution is 5.97. The van der Waals surface area contributed by atoms with E-state index in [1.165, 1.54) is 14.0 Å². The molecule has 1 amide bonds. The van der Waals surface area contributed by atoms with E-state index in [-0.39, 0.29) is 11.6 Å². The molecule has 102 valence electrons. The normalized spacial score (nSPS) is 10.8. The third-order valence-corrected chi connectivity index (χ3v) is 2.44. The Bertz CT molecular complexity index is 490. The molecule has 1 aromatic carbocycles. The maximum Gasteiger partial charge on any atom is 0.354 e. The van der Waals surface area contributed by atoms with Gasteiger partial charge in [-0.2, -0.15) is 0 Å². The van der Waals surface area contributed by atoms with Gasteiger partial charge in [0.05, 0.1) is 7.11 Å². The van der Waals surface area contributed by atoms with Crippen molar-refractivity contribution in [3.05, 3.63) is 35.5 Å². The van der Waals surface area contributed by atoms with Crippen LogP contribution in [0.2, 0.25) is 0 Å². The van der Waals surface area contributed by atoms with Crippen LogP contribution in [0.3, 0.4) is 0 Å². The van der Waals surface area contributed by atoms with Crippen LogP contribution in [0.4, 0.5) is 5.69 Å². The molecular formula is C14H18N2O3. The molecule has 0 aromatic heterocycles. The van der Waals surface area contributed by atoms with E-state index >= 15 is 0 Å². The molecule has 5 nitrogen and oxygen atoms in total. The van der Waals surface area contributed by atoms with Crippen molar-refractivity contribution >= 4 is 23.6 Å². The number of hydrogen-bond acceptors (Lipinski definition) is 4. The van der Waals surface area contributed by atoms with Gasteiger partial charge in [-0.05, 0) is 23.8 Å². The van der Waals surface area contributed by atoms with E-state index in [1.54, 1.807) is 6.08 Å². The predicted octanol–water partition coefficient (Wildman–Crippen LogP) is 1.40. The van der Waals surface area contributed by atoms with Crippen molar-refractivity contribution in [3.8, 4) is 0 Å². The summed E-state index contributed by atoms with van der Waals surface area (Å²) in [4.78, 5) is 24.5. The highest BCUT2D eigenvalue weighted by atomic mass is 16.5. The van der Waals surface area contributed by atoms with Crippen LogP contribution in [0, 0.1) is 0 Å². The Labute approximate surface area is 112 Å². The lowest BCUT2D eigenvalue weighted by Gasteiger charge is -2.12. The number of ether oxygens (including phenoxy) is 1. The summed E-state index contributed by atoms with van der Waals surface area (Å²) in [5, 5.41) is 2.45. The van der Waals surface area contributed by atoms with Crippen LogP contribution in [-0.4, -0.2) is 33.1 Å². The van der Waals surface area contributed by atoms with Gasteiger partial charge in [-0.3, -0.25) is 4.79 Å². The molecule has 0 bridgehead atoms. The fourth-order valence-electron chi connectivity index (χ4n) is 1.48. The first kappa shape index (κ1) is 14.8. The molecule has 5 heteroatoms. The van der Waals surface area contributed by atoms with Gasteiger partial charge in [-0.25, -0.2) is 4.79 Å². The van der Waals surface area contributed by atoms with Crippen LogP contribution in [0.5, 0.6) is 0 Å². The fraction of sp³-hybridized carbons (Fsp3) is 0.286. The summed E-state index contributed by atoms with van der Waals surface area (Å²) in [6.07, 6.45) is 1.58. The average Bonchev–Trinajstić information content (AvgIpc) is 2.37. The first-order valence-electron chi connectivity index (χ1n) is 5.79. The minimum absolute atomic E-state index is 0.118. The number of benzene rings is 1. The third kappa shape index (κ3) is 4.46. The zero-order valence-electron chi connectivity index (χ0n) is 11.6. The molecule has 0 spiro atoms. The third-order valence-electron chi connectivity index (χ3n) is 2.44. The van der Waals surface area contributed by atoms with Crippen LogP contribution in [-0.2, 0) is 14.3 Å². The molecule has 19 heavy (non-hydrogen) atoms. The first-order chi connectivity index (χ1) is 8.93. The second kappa shape index (κ2) is 6.58. The molecule has 0 radical (unpaired) electrons. The number of carbonyl (C=O) groups excluding carboxylic acids is 2. The van der Waals surface area contributed by atoms with Crippen LogP contribution in [0.25, 0.3) is 6.08 Å². The lowest BCUT2D eigenvalue weighted by molar-refractivity contribution is -0.137. The van der Waals surface area contributed by atoms with Crippen LogP contribution >= 0.6 is 0 Å². The van der Waals surface area contributed by atoms with Crippen LogP contribution < -0.4 is 10.2 Å². The van der Waals surface area contributed by atoms with E-state index in [0.717, 1.165) is 11.3 Å². The van der Waals surface area contributed by atoms with Gasteiger partial charge < -0.3 is 15.0 Å². The van der Waals surface area contributed by atoms with Crippen molar-refractivity contribution < 1.29 is 14.3 Å². The van der Waals surface area contributed by atoms with Gasteiger partial charge in [0, 0.05) is 26.7 Å². The largest absolute Gasteiger partial charge is 0.464 e. The number of methoxy groups -OCH3 is 1. The number of amides is 1. The molecular weight excluding hydrogens is 244 g/mol. The molecule has 1 aromatic rings. The molecule has 1 rings (SSSR count). The van der Waals surface area contributed by atoms with Gasteiger partial charge in [-0.15, -0.1) is 0 Å². The molecule has 0 aliphatic carbocycles. The van der Waals surface area contributed by atoms with Crippen molar-refractivity contribution in [2.24, 2.45) is 0 Å². The topological polar surface area (TPSA) is 58.6 Å². The summed E-state index contributed by atoms with van der Waals surface area (Å²) < 4.78 is 4.62. The molecule has 0 aliphatic rings. The summed E-state index contributed by atoms with van der Waals surface area (Å²) in [6.45, 7) is 1.34. The van der Waals surface area contributed by atoms with E-state index in [0.29, 0.717) is 0 Å². The smallest absolute Gasteiger partial charge is 0.354 e. The fourth-order valence-corrected chi connectivity index (χ4v) is 1.48. The van der Waals surface area contributed by atoms with Gasteiger partial charge >= 0.3 is 5.97 Å². The zero-order chi connectivity index (χ0) is 14.4. The quantitative estimate of drug-likeness (QED) is 0.658. The summed E-state index contributed by atoms with van der Waals surface area (Å²) in [5.74, 6) is -0.895. The maximum absolute atomic E-state index is 11.5. The van der Waals surface area contributed by atoms with E-state index in [1.807, 2.05) is 43.3 Å². The second-order valence-electron chi connectivity index (χ2n) is 4.22. The van der Waals surface area contributed by atoms with Crippen molar-refractivity contribution in [2.45, 2.75) is 6.92 Å². The minimum atomic E-state index is -0.577. The van der Waals surface area contributed by atoms with E-state index in [2.05, 4.69) is 10.1 Å². The van der Waals surface area contributed by atoms with E-state index < -0.39 is 5.97 Å². The Balaban J connectivity index is 3.00. The average molecular weight is 262 g/mol. The summed E-state index contributed by atoms with van der Waals surface area (Å²) >= 11 is 0. The SMILES string of the molecule is COC(=O)C(=Cc1ccc(N(C)C)cc1)NC(C)=O. The number of anilines is 1.